The van der Waals surface area contributed by atoms with Gasteiger partial charge in [-0.25, -0.2) is 9.78 Å². The van der Waals surface area contributed by atoms with Crippen LogP contribution in [0, 0.1) is 0 Å². The molecule has 0 spiro atoms. The molecule has 1 aromatic heterocycles. The van der Waals surface area contributed by atoms with Gasteiger partial charge in [0.2, 0.25) is 5.91 Å². The number of pyridine rings is 1. The maximum atomic E-state index is 11.8. The zero-order valence-corrected chi connectivity index (χ0v) is 15.0. The van der Waals surface area contributed by atoms with E-state index in [0.29, 0.717) is 31.0 Å². The van der Waals surface area contributed by atoms with Gasteiger partial charge in [-0.15, -0.1) is 0 Å². The molecule has 1 heterocycles. The molecule has 0 saturated carbocycles. The average molecular weight is 336 g/mol. The van der Waals surface area contributed by atoms with Crippen LogP contribution in [0.4, 0.5) is 11.5 Å². The summed E-state index contributed by atoms with van der Waals surface area (Å²) in [5.41, 5.74) is 0.518. The van der Waals surface area contributed by atoms with Gasteiger partial charge in [-0.1, -0.05) is 13.3 Å². The fourth-order valence-electron chi connectivity index (χ4n) is 2.23. The van der Waals surface area contributed by atoms with E-state index in [-0.39, 0.29) is 11.5 Å². The first-order valence-corrected chi connectivity index (χ1v) is 8.31. The summed E-state index contributed by atoms with van der Waals surface area (Å²) in [5, 5.41) is 12.2. The van der Waals surface area contributed by atoms with Gasteiger partial charge in [-0.05, 0) is 33.5 Å². The molecule has 24 heavy (non-hydrogen) atoms. The van der Waals surface area contributed by atoms with E-state index in [2.05, 4.69) is 10.3 Å². The Morgan fingerprint density at radius 1 is 1.25 bits per heavy atom. The van der Waals surface area contributed by atoms with Gasteiger partial charge in [0, 0.05) is 26.1 Å². The highest BCUT2D eigenvalue weighted by Crippen LogP contribution is 2.21. The van der Waals surface area contributed by atoms with E-state index in [1.165, 1.54) is 12.3 Å². The number of nitrogens with zero attached hydrogens (tertiary/aromatic N) is 3. The lowest BCUT2D eigenvalue weighted by Gasteiger charge is -2.25. The van der Waals surface area contributed by atoms with Gasteiger partial charge in [-0.3, -0.25) is 4.79 Å². The number of carboxylic acid groups (broad SMARTS) is 1. The summed E-state index contributed by atoms with van der Waals surface area (Å²) in [6, 6.07) is 1.48. The minimum atomic E-state index is -1.05. The van der Waals surface area contributed by atoms with Crippen LogP contribution in [-0.4, -0.2) is 60.6 Å². The van der Waals surface area contributed by atoms with Crippen molar-refractivity contribution in [2.45, 2.75) is 33.1 Å². The first kappa shape index (κ1) is 19.9. The molecule has 0 fully saturated rings. The van der Waals surface area contributed by atoms with Crippen LogP contribution in [0.1, 0.15) is 43.5 Å². The predicted octanol–water partition coefficient (Wildman–Crippen LogP) is 2.30. The van der Waals surface area contributed by atoms with Crippen molar-refractivity contribution in [2.24, 2.45) is 0 Å². The van der Waals surface area contributed by atoms with E-state index < -0.39 is 5.97 Å². The van der Waals surface area contributed by atoms with Crippen LogP contribution in [-0.2, 0) is 4.79 Å². The second-order valence-corrected chi connectivity index (χ2v) is 5.93. The van der Waals surface area contributed by atoms with Crippen LogP contribution in [0.25, 0.3) is 0 Å². The highest BCUT2D eigenvalue weighted by molar-refractivity contribution is 5.97. The molecule has 0 bridgehead atoms. The lowest BCUT2D eigenvalue weighted by molar-refractivity contribution is -0.116. The normalized spacial score (nSPS) is 10.7. The van der Waals surface area contributed by atoms with E-state index in [0.717, 1.165) is 19.4 Å². The molecule has 0 saturated heterocycles. The van der Waals surface area contributed by atoms with Gasteiger partial charge < -0.3 is 20.2 Å². The molecular formula is C17H28N4O3. The van der Waals surface area contributed by atoms with Gasteiger partial charge in [-0.2, -0.15) is 0 Å². The molecule has 7 nitrogen and oxygen atoms in total. The Labute approximate surface area is 143 Å². The van der Waals surface area contributed by atoms with Gasteiger partial charge in [0.25, 0.3) is 0 Å². The Morgan fingerprint density at radius 2 is 1.96 bits per heavy atom. The Morgan fingerprint density at radius 3 is 2.50 bits per heavy atom. The predicted molar refractivity (Wildman–Crippen MR) is 95.8 cm³/mol. The largest absolute Gasteiger partial charge is 0.478 e. The summed E-state index contributed by atoms with van der Waals surface area (Å²) < 4.78 is 0. The van der Waals surface area contributed by atoms with Crippen LogP contribution in [0.5, 0.6) is 0 Å². The molecule has 7 heteroatoms. The molecule has 1 rings (SSSR count). The molecule has 2 N–H and O–H groups in total. The summed E-state index contributed by atoms with van der Waals surface area (Å²) in [5.74, 6) is -0.744. The molecule has 1 aromatic rings. The first-order valence-electron chi connectivity index (χ1n) is 8.31. The third-order valence-electron chi connectivity index (χ3n) is 3.64. The second-order valence-electron chi connectivity index (χ2n) is 5.93. The number of hydrogen-bond donors (Lipinski definition) is 2. The molecule has 1 amide bonds. The van der Waals surface area contributed by atoms with Crippen molar-refractivity contribution in [3.8, 4) is 0 Å². The van der Waals surface area contributed by atoms with E-state index in [4.69, 9.17) is 0 Å². The summed E-state index contributed by atoms with van der Waals surface area (Å²) >= 11 is 0. The number of aromatic carboxylic acids is 1. The number of carboxylic acids is 1. The lowest BCUT2D eigenvalue weighted by atomic mass is 10.2. The number of carbonyl (C=O) groups is 2. The zero-order valence-electron chi connectivity index (χ0n) is 15.0. The third kappa shape index (κ3) is 6.16. The molecule has 0 atom stereocenters. The fraction of sp³-hybridized carbons (Fsp3) is 0.588. The third-order valence-corrected chi connectivity index (χ3v) is 3.64. The van der Waals surface area contributed by atoms with Crippen molar-refractivity contribution >= 4 is 23.4 Å². The molecule has 0 aliphatic carbocycles. The van der Waals surface area contributed by atoms with Gasteiger partial charge in [0.15, 0.2) is 0 Å². The van der Waals surface area contributed by atoms with Crippen molar-refractivity contribution in [3.63, 3.8) is 0 Å². The van der Waals surface area contributed by atoms with Crippen molar-refractivity contribution in [3.05, 3.63) is 17.8 Å². The number of unbranched alkanes of at least 4 members (excludes halogenated alkanes) is 1. The van der Waals surface area contributed by atoms with Crippen LogP contribution >= 0.6 is 0 Å². The van der Waals surface area contributed by atoms with Crippen LogP contribution < -0.4 is 10.2 Å². The molecule has 0 aromatic carbocycles. The Kier molecular flexibility index (Phi) is 8.18. The van der Waals surface area contributed by atoms with E-state index >= 15 is 0 Å². The maximum absolute atomic E-state index is 11.8. The highest BCUT2D eigenvalue weighted by Gasteiger charge is 2.18. The number of carbonyl (C=O) groups excluding carboxylic acids is 1. The van der Waals surface area contributed by atoms with E-state index in [1.807, 2.05) is 37.7 Å². The van der Waals surface area contributed by atoms with Crippen LogP contribution in [0.2, 0.25) is 0 Å². The smallest absolute Gasteiger partial charge is 0.339 e. The molecule has 0 aliphatic rings. The summed E-state index contributed by atoms with van der Waals surface area (Å²) in [4.78, 5) is 31.7. The second kappa shape index (κ2) is 9.87. The monoisotopic (exact) mass is 336 g/mol. The van der Waals surface area contributed by atoms with Crippen molar-refractivity contribution in [1.82, 2.24) is 9.88 Å². The first-order chi connectivity index (χ1) is 11.4. The van der Waals surface area contributed by atoms with Crippen molar-refractivity contribution in [2.75, 3.05) is 43.9 Å². The average Bonchev–Trinajstić information content (AvgIpc) is 2.54. The van der Waals surface area contributed by atoms with Gasteiger partial charge in [0.05, 0.1) is 11.9 Å². The minimum Gasteiger partial charge on any atom is -0.478 e. The van der Waals surface area contributed by atoms with Gasteiger partial charge in [0.1, 0.15) is 11.4 Å². The number of likely N-dealkylation sites (N-methyl/N-ethyl adjacent to an activating group) is 2. The number of rotatable bonds is 10. The Hall–Kier alpha value is -2.15. The van der Waals surface area contributed by atoms with E-state index in [9.17, 15) is 14.7 Å². The van der Waals surface area contributed by atoms with Crippen molar-refractivity contribution < 1.29 is 14.7 Å². The molecule has 134 valence electrons. The number of hydrogen-bond acceptors (Lipinski definition) is 5. The van der Waals surface area contributed by atoms with Crippen LogP contribution in [0.15, 0.2) is 12.3 Å². The van der Waals surface area contributed by atoms with E-state index in [1.54, 1.807) is 0 Å². The fourth-order valence-corrected chi connectivity index (χ4v) is 2.23. The summed E-state index contributed by atoms with van der Waals surface area (Å²) in [7, 11) is 3.93. The number of anilines is 2. The topological polar surface area (TPSA) is 85.8 Å². The summed E-state index contributed by atoms with van der Waals surface area (Å²) in [6.07, 6.45) is 3.67. The Balaban J connectivity index is 2.97. The maximum Gasteiger partial charge on any atom is 0.339 e. The lowest BCUT2D eigenvalue weighted by Crippen LogP contribution is -2.33. The quantitative estimate of drug-likeness (QED) is 0.682. The standard InChI is InChI=1S/C17H28N4O3/c1-5-7-8-15(22)19-13-11-14(17(23)24)16(18-12-13)21(6-2)10-9-20(3)4/h11-12H,5-10H2,1-4H3,(H,19,22)(H,23,24). The highest BCUT2D eigenvalue weighted by atomic mass is 16.4. The molecule has 0 radical (unpaired) electrons. The minimum absolute atomic E-state index is 0.101. The van der Waals surface area contributed by atoms with Crippen LogP contribution in [0.3, 0.4) is 0 Å². The number of aromatic nitrogens is 1. The number of amides is 1. The molecular weight excluding hydrogens is 308 g/mol. The van der Waals surface area contributed by atoms with Crippen molar-refractivity contribution in [1.29, 1.82) is 0 Å². The SMILES string of the molecule is CCCCC(=O)Nc1cnc(N(CC)CCN(C)C)c(C(=O)O)c1. The number of nitrogens with one attached hydrogen (secondary N) is 1. The molecule has 0 unspecified atom stereocenters. The van der Waals surface area contributed by atoms with Gasteiger partial charge >= 0.3 is 5.97 Å². The molecule has 0 aliphatic heterocycles. The summed E-state index contributed by atoms with van der Waals surface area (Å²) in [6.45, 7) is 6.11. The Bertz CT molecular complexity index is 561. The zero-order chi connectivity index (χ0) is 18.1.